The number of hydrogen-bond donors (Lipinski definition) is 0. The van der Waals surface area contributed by atoms with E-state index in [0.717, 1.165) is 109 Å². The summed E-state index contributed by atoms with van der Waals surface area (Å²) in [6, 6.07) is 0. The highest BCUT2D eigenvalue weighted by atomic mass is 16.6. The fraction of sp³-hybridized carbons (Fsp3) is 0.737. The lowest BCUT2D eigenvalue weighted by atomic mass is 10.1. The number of allylic oxidation sites excluding steroid dienone is 12. The summed E-state index contributed by atoms with van der Waals surface area (Å²) in [5, 5.41) is 0. The SMILES string of the molecule is CC/C=C/C=C/C=C/CCCCCCCC(=O)OCC(COC(=O)CCCCC/C=C/C=C/CCCCCCCCC)OC(=O)CCCCCCC/C=C/CCCCCCCCC. The van der Waals surface area contributed by atoms with Crippen LogP contribution in [0.25, 0.3) is 0 Å². The molecule has 0 rings (SSSR count). The van der Waals surface area contributed by atoms with Crippen molar-refractivity contribution in [2.45, 2.75) is 258 Å². The first-order chi connectivity index (χ1) is 31.0. The van der Waals surface area contributed by atoms with Crippen molar-refractivity contribution in [1.29, 1.82) is 0 Å². The van der Waals surface area contributed by atoms with Gasteiger partial charge in [-0.05, 0) is 89.9 Å². The van der Waals surface area contributed by atoms with Crippen molar-refractivity contribution in [2.75, 3.05) is 13.2 Å². The number of hydrogen-bond acceptors (Lipinski definition) is 6. The first-order valence-electron chi connectivity index (χ1n) is 26.5. The Hall–Kier alpha value is -3.15. The van der Waals surface area contributed by atoms with Crippen LogP contribution in [0.15, 0.2) is 72.9 Å². The second-order valence-electron chi connectivity index (χ2n) is 17.5. The van der Waals surface area contributed by atoms with Crippen molar-refractivity contribution in [3.05, 3.63) is 72.9 Å². The maximum atomic E-state index is 12.8. The van der Waals surface area contributed by atoms with Crippen molar-refractivity contribution in [2.24, 2.45) is 0 Å². The Kier molecular flexibility index (Phi) is 48.9. The molecule has 63 heavy (non-hydrogen) atoms. The van der Waals surface area contributed by atoms with Gasteiger partial charge in [0, 0.05) is 19.3 Å². The topological polar surface area (TPSA) is 78.9 Å². The largest absolute Gasteiger partial charge is 0.462 e. The van der Waals surface area contributed by atoms with Crippen LogP contribution >= 0.6 is 0 Å². The molecule has 0 N–H and O–H groups in total. The van der Waals surface area contributed by atoms with E-state index in [1.165, 1.54) is 103 Å². The van der Waals surface area contributed by atoms with Gasteiger partial charge in [-0.15, -0.1) is 0 Å². The Bertz CT molecular complexity index is 1190. The van der Waals surface area contributed by atoms with Gasteiger partial charge >= 0.3 is 17.9 Å². The van der Waals surface area contributed by atoms with Crippen LogP contribution in [-0.2, 0) is 28.6 Å². The molecule has 0 radical (unpaired) electrons. The van der Waals surface area contributed by atoms with E-state index in [-0.39, 0.29) is 31.1 Å². The molecule has 0 spiro atoms. The van der Waals surface area contributed by atoms with E-state index in [1.54, 1.807) is 0 Å². The Morgan fingerprint density at radius 1 is 0.333 bits per heavy atom. The molecule has 0 saturated carbocycles. The van der Waals surface area contributed by atoms with Gasteiger partial charge in [-0.3, -0.25) is 14.4 Å². The fourth-order valence-electron chi connectivity index (χ4n) is 7.25. The molecule has 362 valence electrons. The first kappa shape index (κ1) is 59.9. The first-order valence-corrected chi connectivity index (χ1v) is 26.5. The Labute approximate surface area is 389 Å². The zero-order valence-electron chi connectivity index (χ0n) is 41.3. The van der Waals surface area contributed by atoms with Crippen molar-refractivity contribution >= 4 is 17.9 Å². The van der Waals surface area contributed by atoms with E-state index in [4.69, 9.17) is 14.2 Å². The monoisotopic (exact) mass is 879 g/mol. The highest BCUT2D eigenvalue weighted by Crippen LogP contribution is 2.14. The average Bonchev–Trinajstić information content (AvgIpc) is 3.28. The van der Waals surface area contributed by atoms with Crippen molar-refractivity contribution in [1.82, 2.24) is 0 Å². The van der Waals surface area contributed by atoms with Crippen molar-refractivity contribution < 1.29 is 28.6 Å². The number of esters is 3. The highest BCUT2D eigenvalue weighted by Gasteiger charge is 2.19. The van der Waals surface area contributed by atoms with Gasteiger partial charge in [0.15, 0.2) is 6.10 Å². The maximum absolute atomic E-state index is 12.8. The third-order valence-corrected chi connectivity index (χ3v) is 11.3. The number of carbonyl (C=O) groups excluding carboxylic acids is 3. The molecule has 0 saturated heterocycles. The minimum atomic E-state index is -0.798. The van der Waals surface area contributed by atoms with E-state index >= 15 is 0 Å². The quantitative estimate of drug-likeness (QED) is 0.0199. The molecule has 0 aliphatic carbocycles. The Morgan fingerprint density at radius 2 is 0.635 bits per heavy atom. The normalized spacial score (nSPS) is 12.6. The van der Waals surface area contributed by atoms with Gasteiger partial charge in [0.05, 0.1) is 0 Å². The number of unbranched alkanes of at least 4 members (excludes halogenated alkanes) is 27. The second-order valence-corrected chi connectivity index (χ2v) is 17.5. The van der Waals surface area contributed by atoms with E-state index in [1.807, 2.05) is 0 Å². The van der Waals surface area contributed by atoms with Gasteiger partial charge in [-0.25, -0.2) is 0 Å². The third-order valence-electron chi connectivity index (χ3n) is 11.3. The molecule has 1 unspecified atom stereocenters. The molecule has 6 heteroatoms. The molecule has 6 nitrogen and oxygen atoms in total. The van der Waals surface area contributed by atoms with Crippen LogP contribution < -0.4 is 0 Å². The molecule has 0 aromatic carbocycles. The van der Waals surface area contributed by atoms with Crippen LogP contribution in [0.2, 0.25) is 0 Å². The smallest absolute Gasteiger partial charge is 0.306 e. The lowest BCUT2D eigenvalue weighted by molar-refractivity contribution is -0.167. The number of rotatable bonds is 47. The van der Waals surface area contributed by atoms with Crippen LogP contribution in [-0.4, -0.2) is 37.2 Å². The van der Waals surface area contributed by atoms with Gasteiger partial charge in [0.2, 0.25) is 0 Å². The molecular formula is C57H98O6. The maximum Gasteiger partial charge on any atom is 0.306 e. The van der Waals surface area contributed by atoms with Crippen LogP contribution in [0.3, 0.4) is 0 Å². The van der Waals surface area contributed by atoms with Crippen molar-refractivity contribution in [3.63, 3.8) is 0 Å². The van der Waals surface area contributed by atoms with E-state index in [0.29, 0.717) is 19.3 Å². The molecular weight excluding hydrogens is 781 g/mol. The molecule has 0 amide bonds. The summed E-state index contributed by atoms with van der Waals surface area (Å²) >= 11 is 0. The molecule has 0 bridgehead atoms. The predicted octanol–water partition coefficient (Wildman–Crippen LogP) is 17.4. The third kappa shape index (κ3) is 49.7. The number of ether oxygens (including phenoxy) is 3. The summed E-state index contributed by atoms with van der Waals surface area (Å²) in [5.74, 6) is -0.949. The standard InChI is InChI=1S/C57H98O6/c1-4-7-10-13-16-19-22-25-27-29-32-35-38-41-44-47-50-56(59)62-53-54(52-61-55(58)49-46-43-40-37-34-31-24-21-18-15-12-9-6-3)63-57(60)51-48-45-42-39-36-33-30-28-26-23-20-17-14-11-8-5-2/h9,12,15,18,21,24,27-30,32,35,54H,4-8,10-11,13-14,16-17,19-20,22-23,25-26,31,33-34,36-53H2,1-3H3/b12-9+,18-15+,24-21+,29-27+,30-28+,35-32+. The summed E-state index contributed by atoms with van der Waals surface area (Å²) in [4.78, 5) is 38.0. The molecule has 1 atom stereocenters. The Balaban J connectivity index is 4.46. The summed E-state index contributed by atoms with van der Waals surface area (Å²) in [5.41, 5.74) is 0. The van der Waals surface area contributed by atoms with Gasteiger partial charge < -0.3 is 14.2 Å². The molecule has 0 aromatic rings. The minimum Gasteiger partial charge on any atom is -0.462 e. The molecule has 0 fully saturated rings. The van der Waals surface area contributed by atoms with Crippen LogP contribution in [0, 0.1) is 0 Å². The van der Waals surface area contributed by atoms with E-state index in [2.05, 4.69) is 93.7 Å². The molecule has 0 heterocycles. The van der Waals surface area contributed by atoms with E-state index in [9.17, 15) is 14.4 Å². The Morgan fingerprint density at radius 3 is 1.03 bits per heavy atom. The lowest BCUT2D eigenvalue weighted by Gasteiger charge is -2.18. The molecule has 0 aliphatic heterocycles. The van der Waals surface area contributed by atoms with Crippen LogP contribution in [0.1, 0.15) is 252 Å². The lowest BCUT2D eigenvalue weighted by Crippen LogP contribution is -2.30. The summed E-state index contributed by atoms with van der Waals surface area (Å²) in [7, 11) is 0. The van der Waals surface area contributed by atoms with E-state index < -0.39 is 6.10 Å². The average molecular weight is 879 g/mol. The molecule has 0 aliphatic rings. The van der Waals surface area contributed by atoms with Gasteiger partial charge in [-0.2, -0.15) is 0 Å². The zero-order valence-corrected chi connectivity index (χ0v) is 41.3. The summed E-state index contributed by atoms with van der Waals surface area (Å²) in [6.07, 6.45) is 64.6. The fourth-order valence-corrected chi connectivity index (χ4v) is 7.25. The molecule has 0 aromatic heterocycles. The van der Waals surface area contributed by atoms with Crippen molar-refractivity contribution in [3.8, 4) is 0 Å². The van der Waals surface area contributed by atoms with Gasteiger partial charge in [0.1, 0.15) is 13.2 Å². The predicted molar refractivity (Wildman–Crippen MR) is 270 cm³/mol. The van der Waals surface area contributed by atoms with Gasteiger partial charge in [-0.1, -0.05) is 216 Å². The van der Waals surface area contributed by atoms with Crippen LogP contribution in [0.5, 0.6) is 0 Å². The minimum absolute atomic E-state index is 0.0980. The second kappa shape index (κ2) is 51.5. The van der Waals surface area contributed by atoms with Crippen LogP contribution in [0.4, 0.5) is 0 Å². The van der Waals surface area contributed by atoms with Gasteiger partial charge in [0.25, 0.3) is 0 Å². The number of carbonyl (C=O) groups is 3. The summed E-state index contributed by atoms with van der Waals surface area (Å²) < 4.78 is 16.8. The zero-order chi connectivity index (χ0) is 45.8. The summed E-state index contributed by atoms with van der Waals surface area (Å²) in [6.45, 7) is 6.45. The highest BCUT2D eigenvalue weighted by molar-refractivity contribution is 5.71.